The lowest BCUT2D eigenvalue weighted by atomic mass is 10.1. The third-order valence-electron chi connectivity index (χ3n) is 3.57. The van der Waals surface area contributed by atoms with Crippen LogP contribution < -0.4 is 10.5 Å². The Morgan fingerprint density at radius 2 is 2.06 bits per heavy atom. The second-order valence-electron chi connectivity index (χ2n) is 5.59. The van der Waals surface area contributed by atoms with E-state index in [2.05, 4.69) is 18.6 Å². The normalized spacial score (nSPS) is 21.8. The first-order chi connectivity index (χ1) is 8.26. The molecule has 1 aromatic rings. The molecule has 0 bridgehead atoms. The number of nitrogens with one attached hydrogen (secondary N) is 1. The largest absolute Gasteiger partial charge is 0.399 e. The number of nitrogen functional groups attached to an aromatic ring is 1. The molecule has 1 fully saturated rings. The Morgan fingerprint density at radius 3 is 2.56 bits per heavy atom. The summed E-state index contributed by atoms with van der Waals surface area (Å²) < 4.78 is 27.4. The van der Waals surface area contributed by atoms with Crippen molar-refractivity contribution in [3.63, 3.8) is 0 Å². The molecule has 1 atom stereocenters. The summed E-state index contributed by atoms with van der Waals surface area (Å²) in [6, 6.07) is 5.09. The van der Waals surface area contributed by atoms with Gasteiger partial charge in [-0.3, -0.25) is 0 Å². The van der Waals surface area contributed by atoms with Crippen molar-refractivity contribution in [1.82, 2.24) is 4.72 Å². The van der Waals surface area contributed by atoms with E-state index in [1.165, 1.54) is 6.07 Å². The van der Waals surface area contributed by atoms with Crippen LogP contribution in [-0.4, -0.2) is 14.5 Å². The molecule has 0 aromatic heterocycles. The fourth-order valence-electron chi connectivity index (χ4n) is 2.03. The molecule has 0 saturated heterocycles. The van der Waals surface area contributed by atoms with Gasteiger partial charge < -0.3 is 5.73 Å². The molecular formula is C13H20N2O2S. The summed E-state index contributed by atoms with van der Waals surface area (Å²) in [5.74, 6) is 0. The first-order valence-electron chi connectivity index (χ1n) is 6.17. The van der Waals surface area contributed by atoms with Crippen molar-refractivity contribution in [2.75, 3.05) is 5.73 Å². The molecule has 100 valence electrons. The second kappa shape index (κ2) is 4.24. The van der Waals surface area contributed by atoms with Crippen LogP contribution in [0.15, 0.2) is 23.1 Å². The molecule has 3 N–H and O–H groups in total. The smallest absolute Gasteiger partial charge is 0.241 e. The zero-order valence-electron chi connectivity index (χ0n) is 11.0. The highest BCUT2D eigenvalue weighted by Crippen LogP contribution is 2.45. The predicted molar refractivity (Wildman–Crippen MR) is 72.7 cm³/mol. The van der Waals surface area contributed by atoms with E-state index in [1.807, 2.05) is 6.92 Å². The standard InChI is InChI=1S/C13H20N2O2S/c1-4-9-5-6-10(14)7-11(9)18(16,17)15-12-8-13(12,2)3/h5-7,12,15H,4,8,14H2,1-3H3. The number of rotatable bonds is 4. The zero-order chi connectivity index (χ0) is 13.6. The minimum Gasteiger partial charge on any atom is -0.399 e. The molecule has 2 rings (SSSR count). The summed E-state index contributed by atoms with van der Waals surface area (Å²) in [7, 11) is -3.46. The van der Waals surface area contributed by atoms with Gasteiger partial charge in [0.15, 0.2) is 0 Å². The highest BCUT2D eigenvalue weighted by atomic mass is 32.2. The lowest BCUT2D eigenvalue weighted by Gasteiger charge is -2.12. The van der Waals surface area contributed by atoms with Crippen molar-refractivity contribution in [1.29, 1.82) is 0 Å². The monoisotopic (exact) mass is 268 g/mol. The van der Waals surface area contributed by atoms with E-state index in [0.717, 1.165) is 12.0 Å². The first-order valence-corrected chi connectivity index (χ1v) is 7.65. The molecule has 1 saturated carbocycles. The average Bonchev–Trinajstić information content (AvgIpc) is 2.84. The van der Waals surface area contributed by atoms with Gasteiger partial charge in [0.05, 0.1) is 4.90 Å². The van der Waals surface area contributed by atoms with Crippen molar-refractivity contribution >= 4 is 15.7 Å². The van der Waals surface area contributed by atoms with Crippen LogP contribution in [0.5, 0.6) is 0 Å². The van der Waals surface area contributed by atoms with Crippen LogP contribution >= 0.6 is 0 Å². The van der Waals surface area contributed by atoms with Crippen molar-refractivity contribution in [2.24, 2.45) is 5.41 Å². The van der Waals surface area contributed by atoms with E-state index in [9.17, 15) is 8.42 Å². The molecule has 1 aliphatic carbocycles. The topological polar surface area (TPSA) is 72.2 Å². The molecule has 0 spiro atoms. The van der Waals surface area contributed by atoms with Gasteiger partial charge >= 0.3 is 0 Å². The summed E-state index contributed by atoms with van der Waals surface area (Å²) in [4.78, 5) is 0.313. The third-order valence-corrected chi connectivity index (χ3v) is 5.13. The summed E-state index contributed by atoms with van der Waals surface area (Å²) >= 11 is 0. The van der Waals surface area contributed by atoms with Gasteiger partial charge in [-0.2, -0.15) is 0 Å². The quantitative estimate of drug-likeness (QED) is 0.819. The number of anilines is 1. The zero-order valence-corrected chi connectivity index (χ0v) is 11.8. The maximum atomic E-state index is 12.3. The summed E-state index contributed by atoms with van der Waals surface area (Å²) in [5, 5.41) is 0. The Morgan fingerprint density at radius 1 is 1.44 bits per heavy atom. The molecule has 0 heterocycles. The summed E-state index contributed by atoms with van der Waals surface area (Å²) in [5.41, 5.74) is 7.03. The summed E-state index contributed by atoms with van der Waals surface area (Å²) in [6.45, 7) is 6.05. The SMILES string of the molecule is CCc1ccc(N)cc1S(=O)(=O)NC1CC1(C)C. The number of hydrogen-bond donors (Lipinski definition) is 2. The van der Waals surface area contributed by atoms with Crippen molar-refractivity contribution in [3.05, 3.63) is 23.8 Å². The van der Waals surface area contributed by atoms with Crippen LogP contribution in [-0.2, 0) is 16.4 Å². The molecular weight excluding hydrogens is 248 g/mol. The fraction of sp³-hybridized carbons (Fsp3) is 0.538. The Bertz CT molecular complexity index is 564. The number of hydrogen-bond acceptors (Lipinski definition) is 3. The lowest BCUT2D eigenvalue weighted by Crippen LogP contribution is -2.29. The molecule has 18 heavy (non-hydrogen) atoms. The number of sulfonamides is 1. The van der Waals surface area contributed by atoms with E-state index in [1.54, 1.807) is 12.1 Å². The van der Waals surface area contributed by atoms with Gasteiger partial charge in [0.25, 0.3) is 0 Å². The lowest BCUT2D eigenvalue weighted by molar-refractivity contribution is 0.554. The van der Waals surface area contributed by atoms with Crippen molar-refractivity contribution < 1.29 is 8.42 Å². The van der Waals surface area contributed by atoms with Crippen LogP contribution in [0.1, 0.15) is 32.8 Å². The van der Waals surface area contributed by atoms with Crippen molar-refractivity contribution in [3.8, 4) is 0 Å². The van der Waals surface area contributed by atoms with Gasteiger partial charge in [-0.15, -0.1) is 0 Å². The Kier molecular flexibility index (Phi) is 3.15. The van der Waals surface area contributed by atoms with Gasteiger partial charge in [0, 0.05) is 11.7 Å². The van der Waals surface area contributed by atoms with Gasteiger partial charge in [-0.25, -0.2) is 13.1 Å². The summed E-state index contributed by atoms with van der Waals surface area (Å²) in [6.07, 6.45) is 1.56. The third kappa shape index (κ3) is 2.52. The minimum absolute atomic E-state index is 0.0358. The van der Waals surface area contributed by atoms with Gasteiger partial charge in [-0.05, 0) is 36.0 Å². The average molecular weight is 268 g/mol. The first kappa shape index (κ1) is 13.4. The Labute approximate surface area is 109 Å². The van der Waals surface area contributed by atoms with Crippen LogP contribution in [0.4, 0.5) is 5.69 Å². The van der Waals surface area contributed by atoms with E-state index < -0.39 is 10.0 Å². The highest BCUT2D eigenvalue weighted by Gasteiger charge is 2.48. The maximum absolute atomic E-state index is 12.3. The van der Waals surface area contributed by atoms with Crippen molar-refractivity contribution in [2.45, 2.75) is 44.6 Å². The molecule has 1 unspecified atom stereocenters. The van der Waals surface area contributed by atoms with Crippen LogP contribution in [0.2, 0.25) is 0 Å². The van der Waals surface area contributed by atoms with E-state index >= 15 is 0 Å². The highest BCUT2D eigenvalue weighted by molar-refractivity contribution is 7.89. The van der Waals surface area contributed by atoms with Gasteiger partial charge in [-0.1, -0.05) is 26.8 Å². The maximum Gasteiger partial charge on any atom is 0.241 e. The van der Waals surface area contributed by atoms with Gasteiger partial charge in [0.1, 0.15) is 0 Å². The number of nitrogens with two attached hydrogens (primary N) is 1. The molecule has 1 aliphatic rings. The van der Waals surface area contributed by atoms with E-state index in [4.69, 9.17) is 5.73 Å². The van der Waals surface area contributed by atoms with E-state index in [0.29, 0.717) is 17.0 Å². The number of aryl methyl sites for hydroxylation is 1. The molecule has 0 amide bonds. The molecule has 1 aromatic carbocycles. The second-order valence-corrected chi connectivity index (χ2v) is 7.27. The Balaban J connectivity index is 2.32. The fourth-order valence-corrected chi connectivity index (χ4v) is 3.79. The minimum atomic E-state index is -3.46. The van der Waals surface area contributed by atoms with Crippen LogP contribution in [0.25, 0.3) is 0 Å². The predicted octanol–water partition coefficient (Wildman–Crippen LogP) is 1.91. The molecule has 4 nitrogen and oxygen atoms in total. The Hall–Kier alpha value is -1.07. The van der Waals surface area contributed by atoms with E-state index in [-0.39, 0.29) is 11.5 Å². The molecule has 5 heteroatoms. The van der Waals surface area contributed by atoms with Crippen LogP contribution in [0.3, 0.4) is 0 Å². The van der Waals surface area contributed by atoms with Gasteiger partial charge in [0.2, 0.25) is 10.0 Å². The number of benzene rings is 1. The molecule has 0 aliphatic heterocycles. The van der Waals surface area contributed by atoms with Crippen LogP contribution in [0, 0.1) is 5.41 Å². The molecule has 0 radical (unpaired) electrons.